The van der Waals surface area contributed by atoms with E-state index in [0.717, 1.165) is 65.9 Å². The number of nitrogens with one attached hydrogen (secondary N) is 2. The Morgan fingerprint density at radius 2 is 1.61 bits per heavy atom. The number of rotatable bonds is 11. The Kier molecular flexibility index (Phi) is 11.6. The minimum atomic E-state index is -0.556. The molecule has 0 aromatic heterocycles. The van der Waals surface area contributed by atoms with Gasteiger partial charge in [0.05, 0.1) is 38.6 Å². The Hall–Kier alpha value is -3.84. The van der Waals surface area contributed by atoms with Crippen molar-refractivity contribution in [3.63, 3.8) is 0 Å². The van der Waals surface area contributed by atoms with E-state index in [2.05, 4.69) is 34.6 Å². The summed E-state index contributed by atoms with van der Waals surface area (Å²) in [4.78, 5) is 26.1. The third-order valence-corrected chi connectivity index (χ3v) is 9.59. The number of aliphatic hydroxyl groups excluding tert-OH is 1. The van der Waals surface area contributed by atoms with Gasteiger partial charge in [0.2, 0.25) is 0 Å². The van der Waals surface area contributed by atoms with Gasteiger partial charge in [-0.3, -0.25) is 4.79 Å². The molecule has 3 aromatic carbocycles. The molecule has 4 atom stereocenters. The van der Waals surface area contributed by atoms with Crippen LogP contribution in [-0.2, 0) is 41.6 Å². The first kappa shape index (κ1) is 35.0. The summed E-state index contributed by atoms with van der Waals surface area (Å²) in [5, 5.41) is 14.9. The number of amides is 2. The Bertz CT molecular complexity index is 1530. The first-order valence-corrected chi connectivity index (χ1v) is 17.2. The second kappa shape index (κ2) is 16.2. The van der Waals surface area contributed by atoms with Crippen molar-refractivity contribution in [2.75, 3.05) is 46.0 Å². The van der Waals surface area contributed by atoms with Gasteiger partial charge in [-0.2, -0.15) is 0 Å². The second-order valence-electron chi connectivity index (χ2n) is 12.9. The number of hydrogen-bond acceptors (Lipinski definition) is 9. The Labute approximate surface area is 287 Å². The van der Waals surface area contributed by atoms with Gasteiger partial charge >= 0.3 is 12.0 Å². The maximum Gasteiger partial charge on any atom is 0.325 e. The van der Waals surface area contributed by atoms with Crippen LogP contribution in [0.1, 0.15) is 61.3 Å². The molecule has 0 aliphatic carbocycles. The van der Waals surface area contributed by atoms with Gasteiger partial charge in [-0.1, -0.05) is 73.7 Å². The third-order valence-electron chi connectivity index (χ3n) is 9.59. The molecule has 0 bridgehead atoms. The van der Waals surface area contributed by atoms with Crippen LogP contribution in [0.5, 0.6) is 0 Å². The molecule has 4 unspecified atom stereocenters. The first-order chi connectivity index (χ1) is 23.8. The zero-order valence-electron chi connectivity index (χ0n) is 28.3. The van der Waals surface area contributed by atoms with Gasteiger partial charge in [0.15, 0.2) is 12.1 Å². The number of ether oxygens (including phenoxy) is 5. The molecule has 11 heteroatoms. The van der Waals surface area contributed by atoms with Crippen molar-refractivity contribution in [3.8, 4) is 11.1 Å². The van der Waals surface area contributed by atoms with Crippen LogP contribution in [0.3, 0.4) is 0 Å². The number of nitrogens with zero attached hydrogens (tertiary/aromatic N) is 1. The van der Waals surface area contributed by atoms with Gasteiger partial charge in [0.1, 0.15) is 6.54 Å². The number of urea groups is 1. The number of piperidine rings is 1. The lowest BCUT2D eigenvalue weighted by molar-refractivity contribution is -0.278. The highest BCUT2D eigenvalue weighted by atomic mass is 16.7. The quantitative estimate of drug-likeness (QED) is 0.245. The van der Waals surface area contributed by atoms with Crippen LogP contribution in [0.2, 0.25) is 0 Å². The lowest BCUT2D eigenvalue weighted by Crippen LogP contribution is -2.50. The Morgan fingerprint density at radius 1 is 0.898 bits per heavy atom. The van der Waals surface area contributed by atoms with E-state index in [9.17, 15) is 14.7 Å². The molecule has 0 saturated carbocycles. The molecular formula is C38H47N3O8. The first-order valence-electron chi connectivity index (χ1n) is 17.2. The fourth-order valence-electron chi connectivity index (χ4n) is 6.75. The summed E-state index contributed by atoms with van der Waals surface area (Å²) < 4.78 is 30.2. The molecule has 3 saturated heterocycles. The summed E-state index contributed by atoms with van der Waals surface area (Å²) in [5.41, 5.74) is 5.81. The summed E-state index contributed by atoms with van der Waals surface area (Å²) in [6, 6.07) is 23.7. The monoisotopic (exact) mass is 673 g/mol. The van der Waals surface area contributed by atoms with Crippen LogP contribution in [-0.4, -0.2) is 79.9 Å². The zero-order valence-corrected chi connectivity index (χ0v) is 28.3. The van der Waals surface area contributed by atoms with Crippen molar-refractivity contribution in [2.45, 2.75) is 64.1 Å². The number of hydrogen-bond donors (Lipinski definition) is 3. The molecule has 2 amide bonds. The van der Waals surface area contributed by atoms with E-state index in [0.29, 0.717) is 19.8 Å². The van der Waals surface area contributed by atoms with Gasteiger partial charge in [0.25, 0.3) is 0 Å². The van der Waals surface area contributed by atoms with E-state index in [-0.39, 0.29) is 37.9 Å². The van der Waals surface area contributed by atoms with Crippen molar-refractivity contribution >= 4 is 12.0 Å². The van der Waals surface area contributed by atoms with Crippen molar-refractivity contribution in [1.82, 2.24) is 15.5 Å². The fourth-order valence-corrected chi connectivity index (χ4v) is 6.75. The lowest BCUT2D eigenvalue weighted by Gasteiger charge is -2.44. The summed E-state index contributed by atoms with van der Waals surface area (Å²) in [5.74, 6) is -0.806. The maximum absolute atomic E-state index is 12.1. The molecule has 3 aliphatic rings. The van der Waals surface area contributed by atoms with Crippen molar-refractivity contribution in [1.29, 1.82) is 0 Å². The topological polar surface area (TPSA) is 128 Å². The Balaban J connectivity index is 1.13. The van der Waals surface area contributed by atoms with E-state index in [4.69, 9.17) is 23.7 Å². The molecule has 262 valence electrons. The van der Waals surface area contributed by atoms with Gasteiger partial charge < -0.3 is 44.3 Å². The van der Waals surface area contributed by atoms with E-state index >= 15 is 0 Å². The van der Waals surface area contributed by atoms with E-state index < -0.39 is 24.1 Å². The SMILES string of the molecule is CCOC(=O)CNC(=O)NCc1cccc(-c2ccc(C3OC(CN4CCC5(CC4)OCCO5)C(C)C(c4ccc(CO)cc4)O3)cc2)c1. The molecule has 3 aromatic rings. The average molecular weight is 674 g/mol. The largest absolute Gasteiger partial charge is 0.465 e. The summed E-state index contributed by atoms with van der Waals surface area (Å²) >= 11 is 0. The minimum absolute atomic E-state index is 0.00216. The van der Waals surface area contributed by atoms with Crippen LogP contribution in [0.4, 0.5) is 4.79 Å². The van der Waals surface area contributed by atoms with Gasteiger partial charge in [-0.15, -0.1) is 0 Å². The molecular weight excluding hydrogens is 626 g/mol. The third kappa shape index (κ3) is 8.85. The number of carbonyl (C=O) groups excluding carboxylic acids is 2. The maximum atomic E-state index is 12.1. The van der Waals surface area contributed by atoms with Gasteiger partial charge in [0, 0.05) is 50.5 Å². The van der Waals surface area contributed by atoms with Crippen molar-refractivity contribution in [2.24, 2.45) is 5.92 Å². The van der Waals surface area contributed by atoms with E-state index in [1.807, 2.05) is 60.7 Å². The molecule has 6 rings (SSSR count). The van der Waals surface area contributed by atoms with Crippen LogP contribution in [0.15, 0.2) is 72.8 Å². The summed E-state index contributed by atoms with van der Waals surface area (Å²) in [6.45, 7) is 8.18. The zero-order chi connectivity index (χ0) is 34.2. The molecule has 49 heavy (non-hydrogen) atoms. The lowest BCUT2D eigenvalue weighted by atomic mass is 9.89. The standard InChI is InChI=1S/C38H47N3O8/c1-3-45-34(43)23-40-37(44)39-22-28-5-4-6-32(21-28)29-11-13-31(14-12-29)36-48-33(24-41-17-15-38(16-18-41)46-19-20-47-38)26(2)35(49-36)30-9-7-27(25-42)8-10-30/h4-14,21,26,33,35-36,42H,3,15-20,22-25H2,1-2H3,(H2,39,40,44). The molecule has 3 N–H and O–H groups in total. The van der Waals surface area contributed by atoms with E-state index in [1.54, 1.807) is 6.92 Å². The highest BCUT2D eigenvalue weighted by Gasteiger charge is 2.43. The molecule has 0 radical (unpaired) electrons. The average Bonchev–Trinajstić information content (AvgIpc) is 3.60. The Morgan fingerprint density at radius 3 is 2.31 bits per heavy atom. The fraction of sp³-hybridized carbons (Fsp3) is 0.474. The van der Waals surface area contributed by atoms with Gasteiger partial charge in [-0.25, -0.2) is 4.79 Å². The van der Waals surface area contributed by atoms with Crippen molar-refractivity contribution < 1.29 is 38.4 Å². The smallest absolute Gasteiger partial charge is 0.325 e. The number of likely N-dealkylation sites (tertiary alicyclic amines) is 1. The summed E-state index contributed by atoms with van der Waals surface area (Å²) in [6.07, 6.45) is 0.883. The van der Waals surface area contributed by atoms with Crippen LogP contribution in [0, 0.1) is 5.92 Å². The second-order valence-corrected chi connectivity index (χ2v) is 12.9. The van der Waals surface area contributed by atoms with Crippen LogP contribution < -0.4 is 10.6 Å². The minimum Gasteiger partial charge on any atom is -0.465 e. The predicted molar refractivity (Wildman–Crippen MR) is 182 cm³/mol. The van der Waals surface area contributed by atoms with E-state index in [1.165, 1.54) is 0 Å². The normalized spacial score (nSPS) is 23.7. The molecule has 1 spiro atoms. The predicted octanol–water partition coefficient (Wildman–Crippen LogP) is 4.84. The number of aliphatic hydroxyl groups is 1. The van der Waals surface area contributed by atoms with Gasteiger partial charge in [-0.05, 0) is 40.8 Å². The van der Waals surface area contributed by atoms with Crippen LogP contribution >= 0.6 is 0 Å². The number of esters is 1. The highest BCUT2D eigenvalue weighted by molar-refractivity contribution is 5.80. The van der Waals surface area contributed by atoms with Crippen LogP contribution in [0.25, 0.3) is 11.1 Å². The summed E-state index contributed by atoms with van der Waals surface area (Å²) in [7, 11) is 0. The molecule has 11 nitrogen and oxygen atoms in total. The number of benzene rings is 3. The van der Waals surface area contributed by atoms with Crippen molar-refractivity contribution in [3.05, 3.63) is 95.1 Å². The number of carbonyl (C=O) groups is 2. The molecule has 3 heterocycles. The molecule has 3 aliphatic heterocycles. The highest BCUT2D eigenvalue weighted by Crippen LogP contribution is 2.42. The molecule has 3 fully saturated rings.